The Bertz CT molecular complexity index is 802. The van der Waals surface area contributed by atoms with Gasteiger partial charge in [-0.1, -0.05) is 12.1 Å². The number of para-hydroxylation sites is 1. The Morgan fingerprint density at radius 1 is 1.38 bits per heavy atom. The number of aryl methyl sites for hydroxylation is 1. The minimum Gasteiger partial charge on any atom is -0.480 e. The summed E-state index contributed by atoms with van der Waals surface area (Å²) in [6.07, 6.45) is 1.59. The predicted molar refractivity (Wildman–Crippen MR) is 78.5 cm³/mol. The van der Waals surface area contributed by atoms with Gasteiger partial charge in [0, 0.05) is 18.6 Å². The normalized spacial score (nSPS) is 13.5. The molecule has 0 fully saturated rings. The van der Waals surface area contributed by atoms with Crippen molar-refractivity contribution in [2.24, 2.45) is 0 Å². The Balaban J connectivity index is 2.63. The van der Waals surface area contributed by atoms with Crippen LogP contribution in [0.1, 0.15) is 12.5 Å². The molecule has 0 aliphatic rings. The lowest BCUT2D eigenvalue weighted by molar-refractivity contribution is -0.140. The van der Waals surface area contributed by atoms with Gasteiger partial charge in [0.1, 0.15) is 10.9 Å². The molecule has 2 aromatic rings. The number of rotatable bonds is 4. The van der Waals surface area contributed by atoms with Gasteiger partial charge in [-0.25, -0.2) is 8.42 Å². The molecule has 0 aliphatic heterocycles. The zero-order chi connectivity index (χ0) is 15.8. The van der Waals surface area contributed by atoms with Crippen molar-refractivity contribution < 1.29 is 18.3 Å². The third kappa shape index (κ3) is 2.74. The zero-order valence-corrected chi connectivity index (χ0v) is 12.8. The molecule has 1 N–H and O–H groups in total. The average Bonchev–Trinajstić information content (AvgIpc) is 2.44. The molecule has 1 heterocycles. The van der Waals surface area contributed by atoms with E-state index in [-0.39, 0.29) is 4.90 Å². The summed E-state index contributed by atoms with van der Waals surface area (Å²) >= 11 is 0. The van der Waals surface area contributed by atoms with E-state index in [0.29, 0.717) is 10.9 Å². The van der Waals surface area contributed by atoms with Gasteiger partial charge in [-0.3, -0.25) is 9.78 Å². The van der Waals surface area contributed by atoms with Crippen LogP contribution in [0.15, 0.2) is 35.4 Å². The summed E-state index contributed by atoms with van der Waals surface area (Å²) in [5.74, 6) is -1.20. The SMILES string of the molecule is Cc1cnc2c(S(=O)(=O)N(C)C(C)C(=O)O)cccc2c1. The van der Waals surface area contributed by atoms with Crippen LogP contribution in [0, 0.1) is 6.92 Å². The van der Waals surface area contributed by atoms with Gasteiger partial charge in [0.05, 0.1) is 5.52 Å². The van der Waals surface area contributed by atoms with E-state index < -0.39 is 22.0 Å². The highest BCUT2D eigenvalue weighted by molar-refractivity contribution is 7.89. The van der Waals surface area contributed by atoms with Gasteiger partial charge in [0.2, 0.25) is 10.0 Å². The van der Waals surface area contributed by atoms with E-state index in [2.05, 4.69) is 4.98 Å². The second kappa shape index (κ2) is 5.42. The molecule has 0 radical (unpaired) electrons. The molecule has 1 aromatic carbocycles. The van der Waals surface area contributed by atoms with Crippen LogP contribution in [0.2, 0.25) is 0 Å². The van der Waals surface area contributed by atoms with Crippen LogP contribution in [0.3, 0.4) is 0 Å². The number of likely N-dealkylation sites (N-methyl/N-ethyl adjacent to an activating group) is 1. The van der Waals surface area contributed by atoms with Crippen LogP contribution in [-0.2, 0) is 14.8 Å². The van der Waals surface area contributed by atoms with Gasteiger partial charge < -0.3 is 5.11 Å². The monoisotopic (exact) mass is 308 g/mol. The number of aliphatic carboxylic acids is 1. The standard InChI is InChI=1S/C14H16N2O4S/c1-9-7-11-5-4-6-12(13(11)15-8-9)21(19,20)16(3)10(2)14(17)18/h4-8,10H,1-3H3,(H,17,18). The number of benzene rings is 1. The van der Waals surface area contributed by atoms with Gasteiger partial charge in [-0.2, -0.15) is 4.31 Å². The first-order valence-corrected chi connectivity index (χ1v) is 7.75. The van der Waals surface area contributed by atoms with Crippen LogP contribution < -0.4 is 0 Å². The Morgan fingerprint density at radius 2 is 2.05 bits per heavy atom. The Labute approximate surface area is 123 Å². The molecule has 0 saturated heterocycles. The maximum atomic E-state index is 12.6. The van der Waals surface area contributed by atoms with Crippen LogP contribution in [0.25, 0.3) is 10.9 Å². The number of carboxylic acids is 1. The molecular weight excluding hydrogens is 292 g/mol. The van der Waals surface area contributed by atoms with Crippen molar-refractivity contribution in [3.8, 4) is 0 Å². The van der Waals surface area contributed by atoms with Crippen molar-refractivity contribution in [2.45, 2.75) is 24.8 Å². The van der Waals surface area contributed by atoms with Crippen LogP contribution in [-0.4, -0.2) is 41.9 Å². The lowest BCUT2D eigenvalue weighted by Gasteiger charge is -2.21. The topological polar surface area (TPSA) is 87.6 Å². The zero-order valence-electron chi connectivity index (χ0n) is 11.9. The number of hydrogen-bond donors (Lipinski definition) is 1. The second-order valence-electron chi connectivity index (χ2n) is 4.88. The molecule has 6 nitrogen and oxygen atoms in total. The highest BCUT2D eigenvalue weighted by Gasteiger charge is 2.30. The molecule has 0 amide bonds. The number of sulfonamides is 1. The number of nitrogens with zero attached hydrogens (tertiary/aromatic N) is 2. The van der Waals surface area contributed by atoms with Crippen molar-refractivity contribution in [1.29, 1.82) is 0 Å². The summed E-state index contributed by atoms with van der Waals surface area (Å²) in [6.45, 7) is 3.19. The highest BCUT2D eigenvalue weighted by Crippen LogP contribution is 2.25. The summed E-state index contributed by atoms with van der Waals surface area (Å²) in [4.78, 5) is 15.2. The van der Waals surface area contributed by atoms with Gasteiger partial charge in [0.15, 0.2) is 0 Å². The Morgan fingerprint density at radius 3 is 2.67 bits per heavy atom. The number of fused-ring (bicyclic) bond motifs is 1. The average molecular weight is 308 g/mol. The molecule has 2 rings (SSSR count). The molecule has 1 atom stereocenters. The molecule has 21 heavy (non-hydrogen) atoms. The van der Waals surface area contributed by atoms with E-state index in [1.54, 1.807) is 18.3 Å². The Kier molecular flexibility index (Phi) is 3.97. The summed E-state index contributed by atoms with van der Waals surface area (Å²) in [5, 5.41) is 9.69. The van der Waals surface area contributed by atoms with E-state index in [1.807, 2.05) is 13.0 Å². The van der Waals surface area contributed by atoms with Crippen LogP contribution in [0.5, 0.6) is 0 Å². The van der Waals surface area contributed by atoms with E-state index in [4.69, 9.17) is 5.11 Å². The number of carboxylic acid groups (broad SMARTS) is 1. The molecule has 7 heteroatoms. The number of hydrogen-bond acceptors (Lipinski definition) is 4. The molecule has 0 bridgehead atoms. The molecular formula is C14H16N2O4S. The fraction of sp³-hybridized carbons (Fsp3) is 0.286. The highest BCUT2D eigenvalue weighted by atomic mass is 32.2. The molecule has 112 valence electrons. The maximum absolute atomic E-state index is 12.6. The van der Waals surface area contributed by atoms with E-state index in [0.717, 1.165) is 9.87 Å². The second-order valence-corrected chi connectivity index (χ2v) is 6.84. The van der Waals surface area contributed by atoms with Crippen LogP contribution in [0.4, 0.5) is 0 Å². The molecule has 0 spiro atoms. The first-order chi connectivity index (χ1) is 9.75. The third-order valence-corrected chi connectivity index (χ3v) is 5.33. The van der Waals surface area contributed by atoms with Gasteiger partial charge in [0.25, 0.3) is 0 Å². The molecule has 0 saturated carbocycles. The quantitative estimate of drug-likeness (QED) is 0.927. The first kappa shape index (κ1) is 15.4. The van der Waals surface area contributed by atoms with E-state index in [1.165, 1.54) is 20.0 Å². The van der Waals surface area contributed by atoms with Gasteiger partial charge in [-0.05, 0) is 31.5 Å². The third-order valence-electron chi connectivity index (χ3n) is 3.37. The first-order valence-electron chi connectivity index (χ1n) is 6.31. The van der Waals surface area contributed by atoms with Crippen molar-refractivity contribution >= 4 is 26.9 Å². The van der Waals surface area contributed by atoms with E-state index >= 15 is 0 Å². The van der Waals surface area contributed by atoms with Crippen molar-refractivity contribution in [2.75, 3.05) is 7.05 Å². The summed E-state index contributed by atoms with van der Waals surface area (Å²) in [7, 11) is -2.68. The molecule has 1 unspecified atom stereocenters. The lowest BCUT2D eigenvalue weighted by atomic mass is 10.2. The minimum absolute atomic E-state index is 0.00981. The summed E-state index contributed by atoms with van der Waals surface area (Å²) < 4.78 is 26.0. The number of carbonyl (C=O) groups is 1. The van der Waals surface area contributed by atoms with Crippen molar-refractivity contribution in [3.63, 3.8) is 0 Å². The number of aromatic nitrogens is 1. The largest absolute Gasteiger partial charge is 0.480 e. The molecule has 0 aliphatic carbocycles. The van der Waals surface area contributed by atoms with Crippen LogP contribution >= 0.6 is 0 Å². The molecule has 1 aromatic heterocycles. The maximum Gasteiger partial charge on any atom is 0.321 e. The van der Waals surface area contributed by atoms with Crippen molar-refractivity contribution in [3.05, 3.63) is 36.0 Å². The lowest BCUT2D eigenvalue weighted by Crippen LogP contribution is -2.40. The van der Waals surface area contributed by atoms with Crippen molar-refractivity contribution in [1.82, 2.24) is 9.29 Å². The summed E-state index contributed by atoms with van der Waals surface area (Å²) in [5.41, 5.74) is 1.26. The van der Waals surface area contributed by atoms with Gasteiger partial charge in [-0.15, -0.1) is 0 Å². The predicted octanol–water partition coefficient (Wildman–Crippen LogP) is 1.64. The number of pyridine rings is 1. The fourth-order valence-electron chi connectivity index (χ4n) is 1.97. The summed E-state index contributed by atoms with van der Waals surface area (Å²) in [6, 6.07) is 5.51. The van der Waals surface area contributed by atoms with E-state index in [9.17, 15) is 13.2 Å². The van der Waals surface area contributed by atoms with Gasteiger partial charge >= 0.3 is 5.97 Å². The Hall–Kier alpha value is -1.99. The fourth-order valence-corrected chi connectivity index (χ4v) is 3.45. The minimum atomic E-state index is -3.93. The smallest absolute Gasteiger partial charge is 0.321 e.